The van der Waals surface area contributed by atoms with Crippen molar-refractivity contribution in [3.63, 3.8) is 0 Å². The number of hydrogen-bond donors (Lipinski definition) is 0. The summed E-state index contributed by atoms with van der Waals surface area (Å²) in [4.78, 5) is 15.9. The number of ether oxygens (including phenoxy) is 1. The summed E-state index contributed by atoms with van der Waals surface area (Å²) in [6.07, 6.45) is 0.940. The first kappa shape index (κ1) is 18.2. The zero-order valence-electron chi connectivity index (χ0n) is 14.0. The normalized spacial score (nSPS) is 20.4. The minimum Gasteiger partial charge on any atom is -0.444 e. The SMILES string of the molecule is CC(C)(C)OC(=O)N1CCN(CCS(C)(=O)=O)C(C)(C)C1. The summed E-state index contributed by atoms with van der Waals surface area (Å²) < 4.78 is 28.0. The maximum absolute atomic E-state index is 12.1. The molecule has 1 amide bonds. The molecular weight excluding hydrogens is 292 g/mol. The van der Waals surface area contributed by atoms with Gasteiger partial charge in [0.15, 0.2) is 0 Å². The maximum Gasteiger partial charge on any atom is 0.410 e. The van der Waals surface area contributed by atoms with Crippen LogP contribution in [0.2, 0.25) is 0 Å². The van der Waals surface area contributed by atoms with E-state index in [1.54, 1.807) is 4.90 Å². The molecule has 0 radical (unpaired) electrons. The van der Waals surface area contributed by atoms with Gasteiger partial charge in [0.05, 0.1) is 5.75 Å². The largest absolute Gasteiger partial charge is 0.444 e. The van der Waals surface area contributed by atoms with E-state index in [0.29, 0.717) is 26.2 Å². The molecule has 0 saturated carbocycles. The Kier molecular flexibility index (Phi) is 5.31. The predicted molar refractivity (Wildman–Crippen MR) is 83.2 cm³/mol. The van der Waals surface area contributed by atoms with Gasteiger partial charge >= 0.3 is 6.09 Å². The van der Waals surface area contributed by atoms with E-state index < -0.39 is 15.4 Å². The molecule has 1 aliphatic heterocycles. The summed E-state index contributed by atoms with van der Waals surface area (Å²) in [6.45, 7) is 11.8. The standard InChI is InChI=1S/C14H28N2O4S/c1-13(2,3)20-12(17)15-7-8-16(14(4,5)11-15)9-10-21(6,18)19/h7-11H2,1-6H3. The zero-order valence-corrected chi connectivity index (χ0v) is 14.8. The fourth-order valence-corrected chi connectivity index (χ4v) is 2.92. The molecule has 0 atom stereocenters. The first-order chi connectivity index (χ1) is 9.30. The second kappa shape index (κ2) is 6.12. The van der Waals surface area contributed by atoms with Crippen LogP contribution in [0.15, 0.2) is 0 Å². The summed E-state index contributed by atoms with van der Waals surface area (Å²) in [5.41, 5.74) is -0.769. The molecule has 6 nitrogen and oxygen atoms in total. The van der Waals surface area contributed by atoms with Crippen molar-refractivity contribution < 1.29 is 17.9 Å². The predicted octanol–water partition coefficient (Wildman–Crippen LogP) is 1.36. The fourth-order valence-electron chi connectivity index (χ4n) is 2.36. The molecule has 0 aromatic heterocycles. The number of piperazine rings is 1. The summed E-state index contributed by atoms with van der Waals surface area (Å²) >= 11 is 0. The van der Waals surface area contributed by atoms with Gasteiger partial charge in [-0.3, -0.25) is 4.90 Å². The van der Waals surface area contributed by atoms with Gasteiger partial charge < -0.3 is 9.64 Å². The smallest absolute Gasteiger partial charge is 0.410 e. The Labute approximate surface area is 128 Å². The monoisotopic (exact) mass is 320 g/mol. The Morgan fingerprint density at radius 3 is 2.24 bits per heavy atom. The first-order valence-electron chi connectivity index (χ1n) is 7.21. The Balaban J connectivity index is 2.64. The maximum atomic E-state index is 12.1. The summed E-state index contributed by atoms with van der Waals surface area (Å²) in [7, 11) is -2.97. The quantitative estimate of drug-likeness (QED) is 0.785. The lowest BCUT2D eigenvalue weighted by Gasteiger charge is -2.47. The van der Waals surface area contributed by atoms with Crippen LogP contribution in [0.1, 0.15) is 34.6 Å². The van der Waals surface area contributed by atoms with Crippen LogP contribution < -0.4 is 0 Å². The average molecular weight is 320 g/mol. The number of rotatable bonds is 3. The van der Waals surface area contributed by atoms with Crippen molar-refractivity contribution in [3.05, 3.63) is 0 Å². The van der Waals surface area contributed by atoms with Crippen molar-refractivity contribution >= 4 is 15.9 Å². The topological polar surface area (TPSA) is 66.9 Å². The van der Waals surface area contributed by atoms with E-state index in [1.165, 1.54) is 6.26 Å². The van der Waals surface area contributed by atoms with Crippen LogP contribution in [0.5, 0.6) is 0 Å². The number of nitrogens with zero attached hydrogens (tertiary/aromatic N) is 2. The van der Waals surface area contributed by atoms with E-state index in [2.05, 4.69) is 4.90 Å². The third-order valence-corrected chi connectivity index (χ3v) is 4.38. The summed E-state index contributed by atoms with van der Waals surface area (Å²) in [5.74, 6) is 0.142. The highest BCUT2D eigenvalue weighted by Gasteiger charge is 2.37. The Hall–Kier alpha value is -0.820. The molecule has 0 unspecified atom stereocenters. The third kappa shape index (κ3) is 6.22. The molecular formula is C14H28N2O4S. The van der Waals surface area contributed by atoms with Crippen molar-refractivity contribution in [1.29, 1.82) is 0 Å². The van der Waals surface area contributed by atoms with E-state index in [1.807, 2.05) is 34.6 Å². The van der Waals surface area contributed by atoms with Crippen LogP contribution in [-0.2, 0) is 14.6 Å². The van der Waals surface area contributed by atoms with E-state index >= 15 is 0 Å². The summed E-state index contributed by atoms with van der Waals surface area (Å²) in [5, 5.41) is 0. The van der Waals surface area contributed by atoms with Crippen LogP contribution in [-0.4, -0.2) is 73.6 Å². The third-order valence-electron chi connectivity index (χ3n) is 3.46. The minimum absolute atomic E-state index is 0.142. The molecule has 0 bridgehead atoms. The molecule has 1 aliphatic rings. The van der Waals surface area contributed by atoms with Gasteiger partial charge in [0.25, 0.3) is 0 Å². The molecule has 0 aromatic carbocycles. The van der Waals surface area contributed by atoms with Crippen LogP contribution in [0.4, 0.5) is 4.79 Å². The Bertz CT molecular complexity index is 480. The number of amides is 1. The molecule has 124 valence electrons. The summed E-state index contributed by atoms with van der Waals surface area (Å²) in [6, 6.07) is 0. The lowest BCUT2D eigenvalue weighted by atomic mass is 9.99. The van der Waals surface area contributed by atoms with Gasteiger partial charge in [-0.25, -0.2) is 13.2 Å². The average Bonchev–Trinajstić information content (AvgIpc) is 2.22. The van der Waals surface area contributed by atoms with Crippen LogP contribution in [0, 0.1) is 0 Å². The van der Waals surface area contributed by atoms with Gasteiger partial charge in [0.1, 0.15) is 15.4 Å². The van der Waals surface area contributed by atoms with E-state index in [9.17, 15) is 13.2 Å². The van der Waals surface area contributed by atoms with Crippen molar-refractivity contribution in [1.82, 2.24) is 9.80 Å². The van der Waals surface area contributed by atoms with Gasteiger partial charge in [-0.05, 0) is 34.6 Å². The van der Waals surface area contributed by atoms with Gasteiger partial charge in [-0.1, -0.05) is 0 Å². The molecule has 7 heteroatoms. The number of carbonyl (C=O) groups excluding carboxylic acids is 1. The van der Waals surface area contributed by atoms with Gasteiger partial charge in [0, 0.05) is 38.0 Å². The number of sulfone groups is 1. The van der Waals surface area contributed by atoms with Crippen molar-refractivity contribution in [2.75, 3.05) is 38.2 Å². The Morgan fingerprint density at radius 2 is 1.81 bits per heavy atom. The number of carbonyl (C=O) groups is 1. The Morgan fingerprint density at radius 1 is 1.24 bits per heavy atom. The van der Waals surface area contributed by atoms with Crippen molar-refractivity contribution in [2.45, 2.75) is 45.8 Å². The van der Waals surface area contributed by atoms with Crippen LogP contribution in [0.3, 0.4) is 0 Å². The van der Waals surface area contributed by atoms with Crippen molar-refractivity contribution in [3.8, 4) is 0 Å². The van der Waals surface area contributed by atoms with Crippen LogP contribution >= 0.6 is 0 Å². The van der Waals surface area contributed by atoms with Gasteiger partial charge in [-0.2, -0.15) is 0 Å². The molecule has 0 aliphatic carbocycles. The van der Waals surface area contributed by atoms with E-state index in [-0.39, 0.29) is 17.4 Å². The van der Waals surface area contributed by atoms with Gasteiger partial charge in [-0.15, -0.1) is 0 Å². The van der Waals surface area contributed by atoms with E-state index in [4.69, 9.17) is 4.74 Å². The highest BCUT2D eigenvalue weighted by molar-refractivity contribution is 7.90. The molecule has 1 heterocycles. The minimum atomic E-state index is -2.97. The molecule has 0 N–H and O–H groups in total. The second-order valence-electron chi connectivity index (χ2n) is 7.33. The fraction of sp³-hybridized carbons (Fsp3) is 0.929. The number of hydrogen-bond acceptors (Lipinski definition) is 5. The molecule has 1 rings (SSSR count). The highest BCUT2D eigenvalue weighted by atomic mass is 32.2. The van der Waals surface area contributed by atoms with Crippen LogP contribution in [0.25, 0.3) is 0 Å². The molecule has 0 spiro atoms. The lowest BCUT2D eigenvalue weighted by molar-refractivity contribution is -0.0133. The first-order valence-corrected chi connectivity index (χ1v) is 9.27. The molecule has 21 heavy (non-hydrogen) atoms. The molecule has 0 aromatic rings. The molecule has 1 fully saturated rings. The van der Waals surface area contributed by atoms with E-state index in [0.717, 1.165) is 0 Å². The lowest BCUT2D eigenvalue weighted by Crippen LogP contribution is -2.61. The second-order valence-corrected chi connectivity index (χ2v) is 9.59. The molecule has 1 saturated heterocycles. The highest BCUT2D eigenvalue weighted by Crippen LogP contribution is 2.22. The van der Waals surface area contributed by atoms with Gasteiger partial charge in [0.2, 0.25) is 0 Å². The zero-order chi connectivity index (χ0) is 16.5. The van der Waals surface area contributed by atoms with Crippen molar-refractivity contribution in [2.24, 2.45) is 0 Å².